The lowest BCUT2D eigenvalue weighted by Gasteiger charge is -2.20. The Morgan fingerprint density at radius 3 is 2.39 bits per heavy atom. The van der Waals surface area contributed by atoms with E-state index in [1.807, 2.05) is 18.5 Å². The number of sulfonamides is 1. The van der Waals surface area contributed by atoms with Gasteiger partial charge < -0.3 is 10.2 Å². The Labute approximate surface area is 171 Å². The molecular weight excluding hydrogens is 394 g/mol. The molecule has 6 nitrogen and oxygen atoms in total. The predicted octanol–water partition coefficient (Wildman–Crippen LogP) is 1.97. The number of thiophene rings is 1. The molecule has 2 N–H and O–H groups in total. The fraction of sp³-hybridized carbons (Fsp3) is 0.450. The minimum Gasteiger partial charge on any atom is -0.325 e. The summed E-state index contributed by atoms with van der Waals surface area (Å²) in [6.45, 7) is 2.32. The molecule has 152 valence electrons. The molecule has 1 aliphatic heterocycles. The van der Waals surface area contributed by atoms with E-state index in [1.54, 1.807) is 39.9 Å². The molecule has 1 aliphatic rings. The lowest BCUT2D eigenvalue weighted by atomic mass is 10.2. The summed E-state index contributed by atoms with van der Waals surface area (Å²) in [7, 11) is -1.48. The van der Waals surface area contributed by atoms with Crippen molar-refractivity contribution in [1.82, 2.24) is 4.31 Å². The number of likely N-dealkylation sites (N-methyl/N-ethyl adjacent to an activating group) is 1. The van der Waals surface area contributed by atoms with E-state index in [0.717, 1.165) is 37.1 Å². The van der Waals surface area contributed by atoms with Gasteiger partial charge in [-0.05, 0) is 48.6 Å². The summed E-state index contributed by atoms with van der Waals surface area (Å²) in [5.41, 5.74) is 0.615. The van der Waals surface area contributed by atoms with Crippen molar-refractivity contribution in [2.24, 2.45) is 0 Å². The summed E-state index contributed by atoms with van der Waals surface area (Å²) in [6.07, 6.45) is 3.99. The maximum atomic E-state index is 12.8. The number of carbonyl (C=O) groups excluding carboxylic acids is 1. The first-order valence-corrected chi connectivity index (χ1v) is 12.0. The zero-order valence-electron chi connectivity index (χ0n) is 16.2. The minimum atomic E-state index is -3.46. The summed E-state index contributed by atoms with van der Waals surface area (Å²) in [6, 6.07) is 10.6. The van der Waals surface area contributed by atoms with Crippen LogP contribution in [-0.2, 0) is 21.4 Å². The van der Waals surface area contributed by atoms with Crippen LogP contribution in [0.5, 0.6) is 0 Å². The lowest BCUT2D eigenvalue weighted by molar-refractivity contribution is -0.884. The zero-order chi connectivity index (χ0) is 20.0. The molecular formula is C20H28N3O3S2+. The van der Waals surface area contributed by atoms with Crippen molar-refractivity contribution in [3.05, 3.63) is 46.7 Å². The van der Waals surface area contributed by atoms with Gasteiger partial charge in [0.15, 0.2) is 6.54 Å². The van der Waals surface area contributed by atoms with Gasteiger partial charge in [-0.15, -0.1) is 11.3 Å². The molecule has 1 atom stereocenters. The van der Waals surface area contributed by atoms with E-state index in [-0.39, 0.29) is 10.8 Å². The fourth-order valence-corrected chi connectivity index (χ4v) is 5.73. The van der Waals surface area contributed by atoms with Crippen molar-refractivity contribution < 1.29 is 18.1 Å². The zero-order valence-corrected chi connectivity index (χ0v) is 17.8. The highest BCUT2D eigenvalue weighted by Gasteiger charge is 2.25. The molecule has 1 unspecified atom stereocenters. The van der Waals surface area contributed by atoms with Crippen molar-refractivity contribution >= 4 is 33.0 Å². The summed E-state index contributed by atoms with van der Waals surface area (Å²) >= 11 is 1.69. The van der Waals surface area contributed by atoms with Gasteiger partial charge in [0.2, 0.25) is 10.0 Å². The first kappa shape index (κ1) is 21.0. The lowest BCUT2D eigenvalue weighted by Crippen LogP contribution is -3.08. The van der Waals surface area contributed by atoms with Gasteiger partial charge in [0.1, 0.15) is 6.54 Å². The van der Waals surface area contributed by atoms with E-state index in [9.17, 15) is 13.2 Å². The third kappa shape index (κ3) is 5.64. The van der Waals surface area contributed by atoms with Crippen molar-refractivity contribution in [2.45, 2.75) is 37.1 Å². The van der Waals surface area contributed by atoms with Crippen molar-refractivity contribution in [3.8, 4) is 0 Å². The number of rotatable bonds is 7. The average Bonchev–Trinajstić information content (AvgIpc) is 3.00. The van der Waals surface area contributed by atoms with Crippen LogP contribution in [0.1, 0.15) is 30.6 Å². The van der Waals surface area contributed by atoms with Gasteiger partial charge in [-0.3, -0.25) is 4.79 Å². The molecule has 0 saturated carbocycles. The molecule has 1 amide bonds. The topological polar surface area (TPSA) is 70.9 Å². The second-order valence-corrected chi connectivity index (χ2v) is 10.3. The molecule has 0 radical (unpaired) electrons. The van der Waals surface area contributed by atoms with Crippen molar-refractivity contribution in [2.75, 3.05) is 32.0 Å². The van der Waals surface area contributed by atoms with Crippen molar-refractivity contribution in [1.29, 1.82) is 0 Å². The SMILES string of the molecule is C[NH+](CC(=O)Nc1ccc(S(=O)(=O)N2CCCCCC2)cc1)Cc1cccs1. The number of quaternary nitrogens is 1. The highest BCUT2D eigenvalue weighted by Crippen LogP contribution is 2.21. The number of hydrogen-bond donors (Lipinski definition) is 2. The average molecular weight is 423 g/mol. The van der Waals surface area contributed by atoms with Crippen LogP contribution in [0.3, 0.4) is 0 Å². The van der Waals surface area contributed by atoms with Crippen LogP contribution in [0, 0.1) is 0 Å². The molecule has 28 heavy (non-hydrogen) atoms. The van der Waals surface area contributed by atoms with Gasteiger partial charge in [0.25, 0.3) is 5.91 Å². The Morgan fingerprint density at radius 2 is 1.79 bits per heavy atom. The molecule has 1 saturated heterocycles. The first-order chi connectivity index (χ1) is 13.4. The van der Waals surface area contributed by atoms with Crippen molar-refractivity contribution in [3.63, 3.8) is 0 Å². The Morgan fingerprint density at radius 1 is 1.11 bits per heavy atom. The Hall–Kier alpha value is -1.74. The number of carbonyl (C=O) groups is 1. The number of hydrogen-bond acceptors (Lipinski definition) is 4. The standard InChI is InChI=1S/C20H27N3O3S2/c1-22(15-18-7-6-14-27-18)16-20(24)21-17-8-10-19(11-9-17)28(25,26)23-12-4-2-3-5-13-23/h6-11,14H,2-5,12-13,15-16H2,1H3,(H,21,24)/p+1. The number of nitrogens with one attached hydrogen (secondary N) is 2. The van der Waals surface area contributed by atoms with E-state index in [2.05, 4.69) is 11.4 Å². The first-order valence-electron chi connectivity index (χ1n) is 9.69. The van der Waals surface area contributed by atoms with E-state index < -0.39 is 10.0 Å². The van der Waals surface area contributed by atoms with Gasteiger partial charge in [-0.1, -0.05) is 18.9 Å². The molecule has 2 heterocycles. The second-order valence-electron chi connectivity index (χ2n) is 7.28. The number of nitrogens with zero attached hydrogens (tertiary/aromatic N) is 1. The van der Waals surface area contributed by atoms with Crippen LogP contribution < -0.4 is 10.2 Å². The molecule has 2 aromatic rings. The normalized spacial score (nSPS) is 17.0. The van der Waals surface area contributed by atoms with Crippen LogP contribution in [0.15, 0.2) is 46.7 Å². The molecule has 1 aromatic carbocycles. The highest BCUT2D eigenvalue weighted by atomic mass is 32.2. The maximum Gasteiger partial charge on any atom is 0.279 e. The van der Waals surface area contributed by atoms with Gasteiger partial charge in [0.05, 0.1) is 16.8 Å². The maximum absolute atomic E-state index is 12.8. The number of benzene rings is 1. The largest absolute Gasteiger partial charge is 0.325 e. The molecule has 0 bridgehead atoms. The molecule has 8 heteroatoms. The van der Waals surface area contributed by atoms with Crippen LogP contribution in [0.25, 0.3) is 0 Å². The predicted molar refractivity (Wildman–Crippen MR) is 112 cm³/mol. The Balaban J connectivity index is 1.56. The monoisotopic (exact) mass is 422 g/mol. The number of amides is 1. The van der Waals surface area contributed by atoms with Gasteiger partial charge in [-0.25, -0.2) is 8.42 Å². The third-order valence-corrected chi connectivity index (χ3v) is 7.65. The van der Waals surface area contributed by atoms with E-state index in [1.165, 1.54) is 4.88 Å². The van der Waals surface area contributed by atoms with Crippen LogP contribution in [0.4, 0.5) is 5.69 Å². The second kappa shape index (κ2) is 9.65. The third-order valence-electron chi connectivity index (χ3n) is 4.86. The van der Waals surface area contributed by atoms with Crippen LogP contribution >= 0.6 is 11.3 Å². The highest BCUT2D eigenvalue weighted by molar-refractivity contribution is 7.89. The molecule has 0 spiro atoms. The van der Waals surface area contributed by atoms with E-state index in [0.29, 0.717) is 25.3 Å². The summed E-state index contributed by atoms with van der Waals surface area (Å²) < 4.78 is 27.2. The van der Waals surface area contributed by atoms with Gasteiger partial charge >= 0.3 is 0 Å². The summed E-state index contributed by atoms with van der Waals surface area (Å²) in [5.74, 6) is -0.0859. The summed E-state index contributed by atoms with van der Waals surface area (Å²) in [5, 5.41) is 4.89. The fourth-order valence-electron chi connectivity index (χ4n) is 3.39. The van der Waals surface area contributed by atoms with E-state index >= 15 is 0 Å². The van der Waals surface area contributed by atoms with Gasteiger partial charge in [-0.2, -0.15) is 4.31 Å². The van der Waals surface area contributed by atoms with E-state index in [4.69, 9.17) is 0 Å². The molecule has 1 aromatic heterocycles. The number of anilines is 1. The Bertz CT molecular complexity index is 857. The van der Waals surface area contributed by atoms with Gasteiger partial charge in [0, 0.05) is 18.8 Å². The molecule has 1 fully saturated rings. The van der Waals surface area contributed by atoms with Crippen LogP contribution in [-0.4, -0.2) is 45.3 Å². The summed E-state index contributed by atoms with van der Waals surface area (Å²) in [4.78, 5) is 14.9. The molecule has 0 aliphatic carbocycles. The van der Waals surface area contributed by atoms with Crippen LogP contribution in [0.2, 0.25) is 0 Å². The quantitative estimate of drug-likeness (QED) is 0.717. The Kier molecular flexibility index (Phi) is 7.23. The smallest absolute Gasteiger partial charge is 0.279 e. The molecule has 3 rings (SSSR count). The minimum absolute atomic E-state index is 0.0859.